The molecule has 0 aliphatic heterocycles. The molecule has 0 saturated heterocycles. The van der Waals surface area contributed by atoms with E-state index in [4.69, 9.17) is 9.97 Å². The molecule has 0 radical (unpaired) electrons. The van der Waals surface area contributed by atoms with E-state index in [1.807, 2.05) is 12.4 Å². The molecule has 18 rings (SSSR count). The number of hydrogen-bond acceptors (Lipinski definition) is 2. The summed E-state index contributed by atoms with van der Waals surface area (Å²) in [5, 5.41) is 0. The summed E-state index contributed by atoms with van der Waals surface area (Å²) >= 11 is 0. The van der Waals surface area contributed by atoms with Crippen molar-refractivity contribution in [3.05, 3.63) is 322 Å². The molecule has 0 N–H and O–H groups in total. The van der Waals surface area contributed by atoms with E-state index in [0.29, 0.717) is 0 Å². The van der Waals surface area contributed by atoms with Crippen LogP contribution in [0.5, 0.6) is 0 Å². The molecule has 0 amide bonds. The summed E-state index contributed by atoms with van der Waals surface area (Å²) in [5.74, 6) is 0. The van der Waals surface area contributed by atoms with E-state index in [2.05, 4.69) is 243 Å². The highest BCUT2D eigenvalue weighted by Gasteiger charge is 2.55. The molecule has 0 atom stereocenters. The van der Waals surface area contributed by atoms with Crippen LogP contribution in [-0.2, 0) is 16.2 Å². The maximum atomic E-state index is 5.14. The second-order valence-corrected chi connectivity index (χ2v) is 21.4. The summed E-state index contributed by atoms with van der Waals surface area (Å²) in [6.07, 6.45) is 3.85. The number of rotatable bonds is 2. The summed E-state index contributed by atoms with van der Waals surface area (Å²) in [4.78, 5) is 10.3. The zero-order valence-corrected chi connectivity index (χ0v) is 40.6. The van der Waals surface area contributed by atoms with Crippen LogP contribution in [0.2, 0.25) is 0 Å². The van der Waals surface area contributed by atoms with E-state index in [9.17, 15) is 0 Å². The van der Waals surface area contributed by atoms with Gasteiger partial charge in [-0.25, -0.2) is 0 Å². The second kappa shape index (κ2) is 14.0. The van der Waals surface area contributed by atoms with E-state index >= 15 is 0 Å². The van der Waals surface area contributed by atoms with Gasteiger partial charge in [0.25, 0.3) is 0 Å². The molecule has 6 aliphatic rings. The standard InChI is InChI=1S/C73H42N2/c1-7-21-57-47(15-1)48-16-2-8-22-58(48)71(57)61-25-11-5-19-51(61)53-33-29-43(39-65(53)71)45-31-35-55-56-36-32-46(42-68(56)73(67(55)41-45)63-27-13-37-74-69(63)70-64(73)28-14-38-75-70)44-30-34-54-52-20-6-12-26-62(52)72(66(54)40-44)59-23-9-3-17-49(59)50-18-4-10-24-60(50)72/h1-42H. The van der Waals surface area contributed by atoms with E-state index in [1.54, 1.807) is 0 Å². The fourth-order valence-corrected chi connectivity index (χ4v) is 15.8. The predicted molar refractivity (Wildman–Crippen MR) is 302 cm³/mol. The van der Waals surface area contributed by atoms with Crippen molar-refractivity contribution in [1.29, 1.82) is 0 Å². The Balaban J connectivity index is 0.850. The predicted octanol–water partition coefficient (Wildman–Crippen LogP) is 16.8. The average Bonchev–Trinajstić information content (AvgIpc) is 4.41. The van der Waals surface area contributed by atoms with Crippen LogP contribution in [-0.4, -0.2) is 9.97 Å². The van der Waals surface area contributed by atoms with Gasteiger partial charge in [-0.05, 0) is 181 Å². The zero-order chi connectivity index (χ0) is 48.8. The quantitative estimate of drug-likeness (QED) is 0.173. The van der Waals surface area contributed by atoms with Crippen molar-refractivity contribution in [3.8, 4) is 89.3 Å². The maximum Gasteiger partial charge on any atom is 0.0937 e. The van der Waals surface area contributed by atoms with Gasteiger partial charge in [0.15, 0.2) is 0 Å². The van der Waals surface area contributed by atoms with Gasteiger partial charge in [-0.2, -0.15) is 0 Å². The van der Waals surface area contributed by atoms with Crippen LogP contribution in [0.25, 0.3) is 89.3 Å². The number of hydrogen-bond donors (Lipinski definition) is 0. The lowest BCUT2D eigenvalue weighted by molar-refractivity contribution is 0.789. The first-order chi connectivity index (χ1) is 37.2. The Bertz CT molecular complexity index is 4150. The third-order valence-electron chi connectivity index (χ3n) is 18.4. The molecule has 0 fully saturated rings. The van der Waals surface area contributed by atoms with Crippen LogP contribution in [0.3, 0.4) is 0 Å². The lowest BCUT2D eigenvalue weighted by Gasteiger charge is -2.31. The highest BCUT2D eigenvalue weighted by molar-refractivity contribution is 6.00. The third-order valence-corrected chi connectivity index (χ3v) is 18.4. The van der Waals surface area contributed by atoms with E-state index in [1.165, 1.54) is 145 Å². The van der Waals surface area contributed by atoms with Gasteiger partial charge in [-0.15, -0.1) is 0 Å². The molecule has 0 saturated carbocycles. The van der Waals surface area contributed by atoms with Crippen LogP contribution in [0.15, 0.2) is 255 Å². The fourth-order valence-electron chi connectivity index (χ4n) is 15.8. The normalized spacial score (nSPS) is 15.3. The Morgan fingerprint density at radius 1 is 0.187 bits per heavy atom. The molecular formula is C73H42N2. The van der Waals surface area contributed by atoms with Crippen molar-refractivity contribution in [1.82, 2.24) is 9.97 Å². The van der Waals surface area contributed by atoms with E-state index in [0.717, 1.165) is 11.4 Å². The van der Waals surface area contributed by atoms with E-state index < -0.39 is 16.2 Å². The summed E-state index contributed by atoms with van der Waals surface area (Å²) < 4.78 is 0. The van der Waals surface area contributed by atoms with Gasteiger partial charge < -0.3 is 0 Å². The molecule has 2 heteroatoms. The second-order valence-electron chi connectivity index (χ2n) is 21.4. The van der Waals surface area contributed by atoms with Crippen molar-refractivity contribution in [3.63, 3.8) is 0 Å². The number of benzene rings is 10. The van der Waals surface area contributed by atoms with Crippen molar-refractivity contribution < 1.29 is 0 Å². The zero-order valence-electron chi connectivity index (χ0n) is 40.6. The highest BCUT2D eigenvalue weighted by Crippen LogP contribution is 2.67. The van der Waals surface area contributed by atoms with Gasteiger partial charge in [-0.3, -0.25) is 9.97 Å². The topological polar surface area (TPSA) is 25.8 Å². The lowest BCUT2D eigenvalue weighted by atomic mass is 9.69. The highest BCUT2D eigenvalue weighted by atomic mass is 14.8. The van der Waals surface area contributed by atoms with Gasteiger partial charge >= 0.3 is 0 Å². The first-order valence-electron chi connectivity index (χ1n) is 26.3. The van der Waals surface area contributed by atoms with Crippen LogP contribution in [0.1, 0.15) is 66.8 Å². The smallest absolute Gasteiger partial charge is 0.0937 e. The molecule has 0 bridgehead atoms. The summed E-state index contributed by atoms with van der Waals surface area (Å²) in [7, 11) is 0. The average molecular weight is 947 g/mol. The molecule has 2 aromatic heterocycles. The molecular weight excluding hydrogens is 905 g/mol. The van der Waals surface area contributed by atoms with Crippen LogP contribution in [0, 0.1) is 0 Å². The van der Waals surface area contributed by atoms with Gasteiger partial charge in [0.1, 0.15) is 0 Å². The summed E-state index contributed by atoms with van der Waals surface area (Å²) in [6.45, 7) is 0. The minimum atomic E-state index is -0.654. The van der Waals surface area contributed by atoms with Gasteiger partial charge in [0.2, 0.25) is 0 Å². The lowest BCUT2D eigenvalue weighted by Crippen LogP contribution is -2.26. The Kier molecular flexibility index (Phi) is 7.45. The van der Waals surface area contributed by atoms with Crippen LogP contribution in [0.4, 0.5) is 0 Å². The molecule has 0 unspecified atom stereocenters. The molecule has 3 spiro atoms. The summed E-state index contributed by atoms with van der Waals surface area (Å²) in [5.41, 5.74) is 33.9. The minimum Gasteiger partial charge on any atom is -0.254 e. The minimum absolute atomic E-state index is 0.426. The number of fused-ring (bicyclic) bond motifs is 30. The third kappa shape index (κ3) is 4.58. The molecule has 10 aromatic carbocycles. The Morgan fingerprint density at radius 2 is 0.400 bits per heavy atom. The Morgan fingerprint density at radius 3 is 0.667 bits per heavy atom. The van der Waals surface area contributed by atoms with Gasteiger partial charge in [0.05, 0.1) is 27.6 Å². The fraction of sp³-hybridized carbons (Fsp3) is 0.0411. The first-order valence-corrected chi connectivity index (χ1v) is 26.3. The van der Waals surface area contributed by atoms with Crippen LogP contribution >= 0.6 is 0 Å². The van der Waals surface area contributed by atoms with Crippen molar-refractivity contribution >= 4 is 0 Å². The molecule has 6 aliphatic carbocycles. The Labute approximate surface area is 435 Å². The monoisotopic (exact) mass is 946 g/mol. The van der Waals surface area contributed by atoms with Crippen LogP contribution < -0.4 is 0 Å². The molecule has 2 nitrogen and oxygen atoms in total. The van der Waals surface area contributed by atoms with Crippen molar-refractivity contribution in [2.45, 2.75) is 16.2 Å². The largest absolute Gasteiger partial charge is 0.254 e. The maximum absolute atomic E-state index is 5.14. The van der Waals surface area contributed by atoms with E-state index in [-0.39, 0.29) is 0 Å². The first kappa shape index (κ1) is 40.0. The molecule has 2 heterocycles. The van der Waals surface area contributed by atoms with Gasteiger partial charge in [0, 0.05) is 12.4 Å². The number of pyridine rings is 2. The number of aromatic nitrogens is 2. The molecule has 75 heavy (non-hydrogen) atoms. The number of nitrogens with zero attached hydrogens (tertiary/aromatic N) is 2. The Hall–Kier alpha value is -9.50. The van der Waals surface area contributed by atoms with Gasteiger partial charge in [-0.1, -0.05) is 206 Å². The molecule has 344 valence electrons. The molecule has 12 aromatic rings. The summed E-state index contributed by atoms with van der Waals surface area (Å²) in [6, 6.07) is 92.4. The van der Waals surface area contributed by atoms with Crippen molar-refractivity contribution in [2.24, 2.45) is 0 Å². The SMILES string of the molecule is c1ccc2c(c1)-c1ccccc1C21c2ccccc2-c2ccc(-c3ccc4c(c3)C3(c5cc(-c6ccc7c(c6)C6(c8ccccc8-c8ccccc86)c6ccccc6-7)ccc5-4)c4cccnc4-c4ncccc43)cc21. The van der Waals surface area contributed by atoms with Crippen molar-refractivity contribution in [2.75, 3.05) is 0 Å².